The van der Waals surface area contributed by atoms with Gasteiger partial charge in [-0.3, -0.25) is 19.2 Å². The fraction of sp³-hybridized carbons (Fsp3) is 0.333. The number of hydrogen-bond acceptors (Lipinski definition) is 6. The number of carbonyl (C=O) groups excluding carboxylic acids is 4. The smallest absolute Gasteiger partial charge is 0.247 e. The van der Waals surface area contributed by atoms with Gasteiger partial charge in [0.1, 0.15) is 24.4 Å². The van der Waals surface area contributed by atoms with Gasteiger partial charge in [-0.1, -0.05) is 128 Å². The standard InChI is InChI=1S/C54H58N4O6/c59-51(35-43-17-7-9-21-49(43)63-37-41-13-3-1-4-14-41)57-33-11-19-47(57)53(61)55-45-29-25-39(26-30-45)23-24-40-27-31-46(32-28-40)56-54(62)48-20-12-34-58(48)52(60)36-44-18-8-10-22-50(44)64-38-42-15-5-2-6-16-42/h1-7,9,13-17,21,23-32,44,47-48,50H,8,10-12,18-20,22,33-38H2,(H,55,61)(H,56,62)/b24-23+/t44?,47-,48-,50?/m0/s1. The molecule has 1 aliphatic carbocycles. The van der Waals surface area contributed by atoms with E-state index < -0.39 is 12.1 Å². The van der Waals surface area contributed by atoms with E-state index in [4.69, 9.17) is 9.47 Å². The highest BCUT2D eigenvalue weighted by atomic mass is 16.5. The van der Waals surface area contributed by atoms with Gasteiger partial charge in [0.25, 0.3) is 0 Å². The second-order valence-electron chi connectivity index (χ2n) is 17.2. The summed E-state index contributed by atoms with van der Waals surface area (Å²) in [5, 5.41) is 6.07. The van der Waals surface area contributed by atoms with E-state index in [9.17, 15) is 19.2 Å². The molecule has 2 saturated heterocycles. The van der Waals surface area contributed by atoms with Crippen LogP contribution in [0.1, 0.15) is 85.6 Å². The molecule has 64 heavy (non-hydrogen) atoms. The Morgan fingerprint density at radius 1 is 0.547 bits per heavy atom. The Kier molecular flexibility index (Phi) is 15.0. The fourth-order valence-corrected chi connectivity index (χ4v) is 9.21. The molecule has 3 fully saturated rings. The van der Waals surface area contributed by atoms with Gasteiger partial charge in [0, 0.05) is 36.4 Å². The van der Waals surface area contributed by atoms with E-state index in [0.29, 0.717) is 62.7 Å². The first-order valence-electron chi connectivity index (χ1n) is 22.9. The van der Waals surface area contributed by atoms with Crippen LogP contribution in [-0.4, -0.2) is 64.7 Å². The number of carbonyl (C=O) groups is 4. The fourth-order valence-electron chi connectivity index (χ4n) is 9.21. The molecule has 8 rings (SSSR count). The van der Waals surface area contributed by atoms with Crippen molar-refractivity contribution in [2.75, 3.05) is 23.7 Å². The van der Waals surface area contributed by atoms with Crippen LogP contribution in [0.15, 0.2) is 133 Å². The summed E-state index contributed by atoms with van der Waals surface area (Å²) in [7, 11) is 0. The Hall–Kier alpha value is -6.52. The van der Waals surface area contributed by atoms with Gasteiger partial charge in [-0.2, -0.15) is 0 Å². The van der Waals surface area contributed by atoms with E-state index in [1.807, 2.05) is 133 Å². The number of likely N-dealkylation sites (tertiary alicyclic amines) is 2. The van der Waals surface area contributed by atoms with Gasteiger partial charge in [-0.15, -0.1) is 0 Å². The minimum Gasteiger partial charge on any atom is -0.489 e. The van der Waals surface area contributed by atoms with Crippen molar-refractivity contribution in [2.24, 2.45) is 5.92 Å². The molecular formula is C54H58N4O6. The van der Waals surface area contributed by atoms with Gasteiger partial charge in [-0.05, 0) is 97.0 Å². The van der Waals surface area contributed by atoms with Gasteiger partial charge < -0.3 is 29.9 Å². The molecule has 10 nitrogen and oxygen atoms in total. The van der Waals surface area contributed by atoms with Crippen LogP contribution in [0, 0.1) is 5.92 Å². The molecule has 330 valence electrons. The van der Waals surface area contributed by atoms with Crippen molar-refractivity contribution >= 4 is 47.2 Å². The summed E-state index contributed by atoms with van der Waals surface area (Å²) < 4.78 is 12.4. The first-order chi connectivity index (χ1) is 31.4. The molecule has 4 amide bonds. The molecule has 2 unspecified atom stereocenters. The lowest BCUT2D eigenvalue weighted by Gasteiger charge is -2.33. The topological polar surface area (TPSA) is 117 Å². The van der Waals surface area contributed by atoms with Crippen LogP contribution in [0.2, 0.25) is 0 Å². The quantitative estimate of drug-likeness (QED) is 0.0955. The maximum atomic E-state index is 13.6. The van der Waals surface area contributed by atoms with E-state index in [2.05, 4.69) is 22.8 Å². The predicted octanol–water partition coefficient (Wildman–Crippen LogP) is 9.70. The number of nitrogens with one attached hydrogen (secondary N) is 2. The Balaban J connectivity index is 0.791. The molecule has 0 radical (unpaired) electrons. The van der Waals surface area contributed by atoms with Crippen LogP contribution in [-0.2, 0) is 43.5 Å². The van der Waals surface area contributed by atoms with Crippen molar-refractivity contribution in [1.82, 2.24) is 9.80 Å². The molecule has 0 aromatic heterocycles. The van der Waals surface area contributed by atoms with Crippen LogP contribution >= 0.6 is 0 Å². The van der Waals surface area contributed by atoms with Crippen molar-refractivity contribution in [3.63, 3.8) is 0 Å². The number of anilines is 2. The van der Waals surface area contributed by atoms with Gasteiger partial charge >= 0.3 is 0 Å². The SMILES string of the molecule is O=C(Nc1ccc(/C=C/c2ccc(NC(=O)[C@@H]3CCCN3C(=O)CC3CCCCC3OCc3ccccc3)cc2)cc1)[C@@H]1CCCN1C(=O)Cc1ccccc1OCc1ccccc1. The van der Waals surface area contributed by atoms with Crippen molar-refractivity contribution in [1.29, 1.82) is 0 Å². The number of benzene rings is 5. The van der Waals surface area contributed by atoms with Crippen LogP contribution in [0.25, 0.3) is 12.2 Å². The maximum absolute atomic E-state index is 13.6. The van der Waals surface area contributed by atoms with Crippen LogP contribution in [0.5, 0.6) is 5.75 Å². The summed E-state index contributed by atoms with van der Waals surface area (Å²) in [6.07, 6.45) is 11.6. The largest absolute Gasteiger partial charge is 0.489 e. The van der Waals surface area contributed by atoms with Gasteiger partial charge in [0.2, 0.25) is 23.6 Å². The molecule has 1 saturated carbocycles. The van der Waals surface area contributed by atoms with Gasteiger partial charge in [-0.25, -0.2) is 0 Å². The third-order valence-corrected chi connectivity index (χ3v) is 12.7. The molecule has 0 bridgehead atoms. The molecule has 2 aliphatic heterocycles. The second kappa shape index (κ2) is 21.7. The van der Waals surface area contributed by atoms with E-state index in [1.54, 1.807) is 9.80 Å². The zero-order chi connectivity index (χ0) is 44.1. The minimum atomic E-state index is -0.540. The average molecular weight is 859 g/mol. The highest BCUT2D eigenvalue weighted by Gasteiger charge is 2.37. The van der Waals surface area contributed by atoms with Crippen molar-refractivity contribution in [3.8, 4) is 5.75 Å². The third kappa shape index (κ3) is 11.7. The molecule has 3 aliphatic rings. The molecule has 5 aromatic carbocycles. The normalized spacial score (nSPS) is 19.7. The summed E-state index contributed by atoms with van der Waals surface area (Å²) in [6, 6.07) is 41.9. The molecule has 2 N–H and O–H groups in total. The van der Waals surface area contributed by atoms with E-state index >= 15 is 0 Å². The van der Waals surface area contributed by atoms with E-state index in [0.717, 1.165) is 66.3 Å². The third-order valence-electron chi connectivity index (χ3n) is 12.7. The van der Waals surface area contributed by atoms with E-state index in [-0.39, 0.29) is 42.1 Å². The molecule has 10 heteroatoms. The van der Waals surface area contributed by atoms with Crippen molar-refractivity contribution < 1.29 is 28.7 Å². The second-order valence-corrected chi connectivity index (χ2v) is 17.2. The van der Waals surface area contributed by atoms with E-state index in [1.165, 1.54) is 0 Å². The predicted molar refractivity (Wildman–Crippen MR) is 251 cm³/mol. The minimum absolute atomic E-state index is 0.0421. The number of para-hydroxylation sites is 1. The van der Waals surface area contributed by atoms with Crippen molar-refractivity contribution in [3.05, 3.63) is 161 Å². The summed E-state index contributed by atoms with van der Waals surface area (Å²) >= 11 is 0. The number of nitrogens with zero attached hydrogens (tertiary/aromatic N) is 2. The maximum Gasteiger partial charge on any atom is 0.247 e. The van der Waals surface area contributed by atoms with Crippen molar-refractivity contribution in [2.45, 2.75) is 95.6 Å². The Labute approximate surface area is 376 Å². The molecule has 0 spiro atoms. The first-order valence-corrected chi connectivity index (χ1v) is 22.9. The van der Waals surface area contributed by atoms with Gasteiger partial charge in [0.05, 0.1) is 19.1 Å². The molecule has 2 heterocycles. The Bertz CT molecular complexity index is 2370. The Morgan fingerprint density at radius 3 is 1.66 bits per heavy atom. The zero-order valence-corrected chi connectivity index (χ0v) is 36.4. The van der Waals surface area contributed by atoms with Crippen LogP contribution < -0.4 is 15.4 Å². The lowest BCUT2D eigenvalue weighted by Crippen LogP contribution is -2.44. The average Bonchev–Trinajstić information content (AvgIpc) is 4.04. The van der Waals surface area contributed by atoms with Crippen LogP contribution in [0.3, 0.4) is 0 Å². The Morgan fingerprint density at radius 2 is 1.06 bits per heavy atom. The number of hydrogen-bond donors (Lipinski definition) is 2. The summed E-state index contributed by atoms with van der Waals surface area (Å²) in [6.45, 7) is 2.09. The molecule has 4 atom stereocenters. The number of ether oxygens (including phenoxy) is 2. The highest BCUT2D eigenvalue weighted by Crippen LogP contribution is 2.32. The molecule has 5 aromatic rings. The monoisotopic (exact) mass is 858 g/mol. The number of amides is 4. The highest BCUT2D eigenvalue weighted by molar-refractivity contribution is 5.98. The lowest BCUT2D eigenvalue weighted by atomic mass is 9.83. The van der Waals surface area contributed by atoms with Gasteiger partial charge in [0.15, 0.2) is 0 Å². The lowest BCUT2D eigenvalue weighted by molar-refractivity contribution is -0.139. The number of rotatable bonds is 16. The first kappa shape index (κ1) is 44.1. The summed E-state index contributed by atoms with van der Waals surface area (Å²) in [4.78, 5) is 57.6. The zero-order valence-electron chi connectivity index (χ0n) is 36.4. The summed E-state index contributed by atoms with van der Waals surface area (Å²) in [5.74, 6) is 0.426. The van der Waals surface area contributed by atoms with Crippen LogP contribution in [0.4, 0.5) is 11.4 Å². The molecular weight excluding hydrogens is 801 g/mol. The summed E-state index contributed by atoms with van der Waals surface area (Å²) in [5.41, 5.74) is 6.24.